The number of ether oxygens (including phenoxy) is 1. The van der Waals surface area contributed by atoms with E-state index in [1.807, 2.05) is 0 Å². The summed E-state index contributed by atoms with van der Waals surface area (Å²) >= 11 is 0. The Labute approximate surface area is 88.7 Å². The minimum Gasteiger partial charge on any atom is -0.396 e. The van der Waals surface area contributed by atoms with Crippen LogP contribution in [0.3, 0.4) is 0 Å². The smallest absolute Gasteiger partial charge is 0.126 e. The highest BCUT2D eigenvalue weighted by Gasteiger charge is 2.29. The Hall–Kier alpha value is -0.930. The van der Waals surface area contributed by atoms with Gasteiger partial charge in [0, 0.05) is 19.1 Å². The number of hydrogen-bond donors (Lipinski definition) is 1. The molecule has 2 unspecified atom stereocenters. The number of benzene rings is 1. The lowest BCUT2D eigenvalue weighted by Gasteiger charge is -2.17. The van der Waals surface area contributed by atoms with Crippen LogP contribution >= 0.6 is 0 Å². The predicted molar refractivity (Wildman–Crippen MR) is 55.0 cm³/mol. The van der Waals surface area contributed by atoms with E-state index in [2.05, 4.69) is 0 Å². The molecule has 1 N–H and O–H groups in total. The van der Waals surface area contributed by atoms with Crippen LogP contribution in [0.5, 0.6) is 0 Å². The zero-order valence-electron chi connectivity index (χ0n) is 8.74. The average molecular weight is 210 g/mol. The van der Waals surface area contributed by atoms with E-state index in [1.165, 1.54) is 6.07 Å². The van der Waals surface area contributed by atoms with Gasteiger partial charge in [0.05, 0.1) is 6.10 Å². The summed E-state index contributed by atoms with van der Waals surface area (Å²) in [7, 11) is 0. The maximum atomic E-state index is 13.1. The summed E-state index contributed by atoms with van der Waals surface area (Å²) in [6.07, 6.45) is 0.798. The Balaban J connectivity index is 2.25. The van der Waals surface area contributed by atoms with Crippen molar-refractivity contribution in [2.45, 2.75) is 19.4 Å². The number of aliphatic hydroxyl groups is 1. The van der Waals surface area contributed by atoms with Gasteiger partial charge in [-0.2, -0.15) is 0 Å². The molecule has 3 heteroatoms. The zero-order valence-corrected chi connectivity index (χ0v) is 8.74. The first-order valence-corrected chi connectivity index (χ1v) is 5.21. The highest BCUT2D eigenvalue weighted by Crippen LogP contribution is 2.34. The van der Waals surface area contributed by atoms with Gasteiger partial charge in [0.15, 0.2) is 0 Å². The van der Waals surface area contributed by atoms with Crippen LogP contribution in [0.25, 0.3) is 0 Å². The first kappa shape index (κ1) is 10.6. The molecule has 15 heavy (non-hydrogen) atoms. The van der Waals surface area contributed by atoms with Crippen LogP contribution in [0.1, 0.15) is 23.7 Å². The van der Waals surface area contributed by atoms with E-state index < -0.39 is 0 Å². The van der Waals surface area contributed by atoms with Crippen molar-refractivity contribution in [3.8, 4) is 0 Å². The molecule has 2 rings (SSSR count). The van der Waals surface area contributed by atoms with E-state index in [9.17, 15) is 4.39 Å². The first-order valence-electron chi connectivity index (χ1n) is 5.21. The highest BCUT2D eigenvalue weighted by atomic mass is 19.1. The quantitative estimate of drug-likeness (QED) is 0.810. The normalized spacial score (nSPS) is 25.8. The number of aryl methyl sites for hydroxylation is 1. The second-order valence-electron chi connectivity index (χ2n) is 4.03. The minimum atomic E-state index is -0.197. The molecular formula is C12H15FO2. The van der Waals surface area contributed by atoms with Gasteiger partial charge in [-0.05, 0) is 30.5 Å². The fourth-order valence-corrected chi connectivity index (χ4v) is 2.03. The lowest BCUT2D eigenvalue weighted by molar-refractivity contribution is 0.0720. The third-order valence-electron chi connectivity index (χ3n) is 2.96. The van der Waals surface area contributed by atoms with E-state index in [0.29, 0.717) is 12.2 Å². The topological polar surface area (TPSA) is 29.5 Å². The van der Waals surface area contributed by atoms with E-state index in [-0.39, 0.29) is 24.4 Å². The summed E-state index contributed by atoms with van der Waals surface area (Å²) < 4.78 is 18.6. The van der Waals surface area contributed by atoms with Crippen LogP contribution in [0.4, 0.5) is 4.39 Å². The molecule has 1 saturated heterocycles. The zero-order chi connectivity index (χ0) is 10.8. The average Bonchev–Trinajstić information content (AvgIpc) is 2.70. The summed E-state index contributed by atoms with van der Waals surface area (Å²) in [6.45, 7) is 2.54. The lowest BCUT2D eigenvalue weighted by Crippen LogP contribution is -2.11. The maximum absolute atomic E-state index is 13.1. The van der Waals surface area contributed by atoms with Crippen molar-refractivity contribution in [1.29, 1.82) is 0 Å². The Bertz CT molecular complexity index is 351. The monoisotopic (exact) mass is 210 g/mol. The van der Waals surface area contributed by atoms with Crippen molar-refractivity contribution in [3.05, 3.63) is 35.1 Å². The molecule has 0 spiro atoms. The third kappa shape index (κ3) is 2.03. The predicted octanol–water partition coefficient (Wildman–Crippen LogP) is 2.20. The Morgan fingerprint density at radius 2 is 2.33 bits per heavy atom. The van der Waals surface area contributed by atoms with Crippen LogP contribution in [-0.2, 0) is 4.74 Å². The molecule has 1 aliphatic heterocycles. The summed E-state index contributed by atoms with van der Waals surface area (Å²) in [5.41, 5.74) is 1.59. The van der Waals surface area contributed by atoms with Crippen molar-refractivity contribution < 1.29 is 14.2 Å². The molecule has 0 amide bonds. The number of halogens is 1. The second-order valence-corrected chi connectivity index (χ2v) is 4.03. The fourth-order valence-electron chi connectivity index (χ4n) is 2.03. The van der Waals surface area contributed by atoms with E-state index in [1.54, 1.807) is 19.1 Å². The molecule has 1 aromatic carbocycles. The van der Waals surface area contributed by atoms with Crippen molar-refractivity contribution in [3.63, 3.8) is 0 Å². The van der Waals surface area contributed by atoms with Crippen LogP contribution in [0.15, 0.2) is 18.2 Å². The van der Waals surface area contributed by atoms with Gasteiger partial charge in [-0.15, -0.1) is 0 Å². The molecule has 2 nitrogen and oxygen atoms in total. The van der Waals surface area contributed by atoms with Crippen LogP contribution in [0.2, 0.25) is 0 Å². The van der Waals surface area contributed by atoms with Crippen molar-refractivity contribution in [2.24, 2.45) is 5.92 Å². The van der Waals surface area contributed by atoms with Crippen LogP contribution in [0, 0.1) is 18.7 Å². The Kier molecular flexibility index (Phi) is 3.03. The van der Waals surface area contributed by atoms with Gasteiger partial charge in [-0.1, -0.05) is 12.1 Å². The molecule has 2 atom stereocenters. The van der Waals surface area contributed by atoms with Crippen LogP contribution < -0.4 is 0 Å². The standard InChI is InChI=1S/C12H15FO2/c1-8-6-9(2-3-11(8)13)12-10(7-14)4-5-15-12/h2-3,6,10,12,14H,4-5,7H2,1H3. The number of rotatable bonds is 2. The van der Waals surface area contributed by atoms with E-state index in [0.717, 1.165) is 12.0 Å². The third-order valence-corrected chi connectivity index (χ3v) is 2.96. The van der Waals surface area contributed by atoms with E-state index in [4.69, 9.17) is 9.84 Å². The Morgan fingerprint density at radius 1 is 1.53 bits per heavy atom. The summed E-state index contributed by atoms with van der Waals surface area (Å²) in [6, 6.07) is 5.00. The van der Waals surface area contributed by atoms with Gasteiger partial charge < -0.3 is 9.84 Å². The SMILES string of the molecule is Cc1cc(C2OCCC2CO)ccc1F. The molecule has 1 aromatic rings. The van der Waals surface area contributed by atoms with Crippen molar-refractivity contribution >= 4 is 0 Å². The van der Waals surface area contributed by atoms with Crippen molar-refractivity contribution in [1.82, 2.24) is 0 Å². The Morgan fingerprint density at radius 3 is 3.00 bits per heavy atom. The molecule has 1 heterocycles. The highest BCUT2D eigenvalue weighted by molar-refractivity contribution is 5.26. The van der Waals surface area contributed by atoms with Gasteiger partial charge in [0.1, 0.15) is 5.82 Å². The molecule has 1 aliphatic rings. The maximum Gasteiger partial charge on any atom is 0.126 e. The molecule has 0 aliphatic carbocycles. The minimum absolute atomic E-state index is 0.0747. The second kappa shape index (κ2) is 4.29. The largest absolute Gasteiger partial charge is 0.396 e. The van der Waals surface area contributed by atoms with Gasteiger partial charge in [-0.3, -0.25) is 0 Å². The molecule has 82 valence electrons. The molecular weight excluding hydrogens is 195 g/mol. The summed E-state index contributed by atoms with van der Waals surface area (Å²) in [4.78, 5) is 0. The summed E-state index contributed by atoms with van der Waals surface area (Å²) in [5, 5.41) is 9.17. The molecule has 0 radical (unpaired) electrons. The molecule has 0 saturated carbocycles. The van der Waals surface area contributed by atoms with E-state index >= 15 is 0 Å². The van der Waals surface area contributed by atoms with Gasteiger partial charge >= 0.3 is 0 Å². The summed E-state index contributed by atoms with van der Waals surface area (Å²) in [5.74, 6) is -0.0489. The lowest BCUT2D eigenvalue weighted by atomic mass is 9.95. The van der Waals surface area contributed by atoms with Crippen LogP contribution in [-0.4, -0.2) is 18.3 Å². The van der Waals surface area contributed by atoms with Gasteiger partial charge in [-0.25, -0.2) is 4.39 Å². The van der Waals surface area contributed by atoms with Crippen molar-refractivity contribution in [2.75, 3.05) is 13.2 Å². The van der Waals surface area contributed by atoms with Gasteiger partial charge in [0.2, 0.25) is 0 Å². The number of aliphatic hydroxyl groups excluding tert-OH is 1. The first-order chi connectivity index (χ1) is 7.22. The molecule has 0 aromatic heterocycles. The molecule has 1 fully saturated rings. The van der Waals surface area contributed by atoms with Gasteiger partial charge in [0.25, 0.3) is 0 Å². The molecule has 0 bridgehead atoms. The number of hydrogen-bond acceptors (Lipinski definition) is 2. The fraction of sp³-hybridized carbons (Fsp3) is 0.500.